The maximum Gasteiger partial charge on any atom is 0.319 e. The largest absolute Gasteiger partial charge is 0.370 e. The van der Waals surface area contributed by atoms with Crippen molar-refractivity contribution in [1.29, 1.82) is 0 Å². The predicted octanol–water partition coefficient (Wildman–Crippen LogP) is 2.57. The van der Waals surface area contributed by atoms with Gasteiger partial charge in [-0.2, -0.15) is 0 Å². The fraction of sp³-hybridized carbons (Fsp3) is 0.375. The number of nitrogens with two attached hydrogens (primary N) is 1. The lowest BCUT2D eigenvalue weighted by Crippen LogP contribution is -2.51. The quantitative estimate of drug-likeness (QED) is 0.560. The van der Waals surface area contributed by atoms with Gasteiger partial charge >= 0.3 is 6.03 Å². The molecule has 0 radical (unpaired) electrons. The Balaban J connectivity index is 1.59. The molecule has 1 atom stereocenters. The summed E-state index contributed by atoms with van der Waals surface area (Å²) in [6, 6.07) is 18.4. The van der Waals surface area contributed by atoms with Crippen molar-refractivity contribution in [3.05, 3.63) is 60.7 Å². The van der Waals surface area contributed by atoms with E-state index in [4.69, 9.17) is 5.73 Å². The van der Waals surface area contributed by atoms with Crippen LogP contribution in [0.5, 0.6) is 0 Å². The number of anilines is 2. The van der Waals surface area contributed by atoms with E-state index in [-0.39, 0.29) is 37.5 Å². The maximum atomic E-state index is 13.2. The van der Waals surface area contributed by atoms with Crippen molar-refractivity contribution in [3.8, 4) is 0 Å². The molecule has 1 fully saturated rings. The number of piperidine rings is 1. The number of amides is 4. The summed E-state index contributed by atoms with van der Waals surface area (Å²) in [5.74, 6) is -0.527. The number of carbonyl (C=O) groups is 3. The fourth-order valence-electron chi connectivity index (χ4n) is 3.89. The lowest BCUT2D eigenvalue weighted by atomic mass is 10.0. The van der Waals surface area contributed by atoms with Crippen LogP contribution >= 0.6 is 0 Å². The molecule has 3 rings (SSSR count). The molecule has 0 aliphatic carbocycles. The third kappa shape index (κ3) is 7.09. The van der Waals surface area contributed by atoms with Crippen LogP contribution in [0, 0.1) is 0 Å². The van der Waals surface area contributed by atoms with Gasteiger partial charge in [0.2, 0.25) is 11.8 Å². The molecule has 0 spiro atoms. The number of para-hydroxylation sites is 2. The molecule has 170 valence electrons. The molecule has 1 unspecified atom stereocenters. The second kappa shape index (κ2) is 11.9. The Hall–Kier alpha value is -3.39. The Kier molecular flexibility index (Phi) is 8.62. The van der Waals surface area contributed by atoms with Crippen LogP contribution in [0.25, 0.3) is 0 Å². The summed E-state index contributed by atoms with van der Waals surface area (Å²) in [6.07, 6.45) is 3.07. The molecule has 2 aromatic carbocycles. The molecule has 0 saturated carbocycles. The Bertz CT molecular complexity index is 891. The van der Waals surface area contributed by atoms with Crippen LogP contribution < -0.4 is 21.3 Å². The zero-order valence-electron chi connectivity index (χ0n) is 18.2. The number of urea groups is 1. The summed E-state index contributed by atoms with van der Waals surface area (Å²) < 4.78 is 0. The van der Waals surface area contributed by atoms with Gasteiger partial charge in [-0.05, 0) is 43.7 Å². The Morgan fingerprint density at radius 2 is 1.69 bits per heavy atom. The van der Waals surface area contributed by atoms with Crippen LogP contribution in [-0.4, -0.2) is 55.0 Å². The van der Waals surface area contributed by atoms with E-state index in [0.29, 0.717) is 6.54 Å². The molecule has 1 heterocycles. The minimum Gasteiger partial charge on any atom is -0.370 e. The van der Waals surface area contributed by atoms with Crippen LogP contribution in [0.2, 0.25) is 0 Å². The molecule has 1 aliphatic heterocycles. The number of rotatable bonds is 9. The third-order valence-electron chi connectivity index (χ3n) is 5.57. The number of hydrogen-bond acceptors (Lipinski definition) is 4. The normalized spacial score (nSPS) is 16.2. The fourth-order valence-corrected chi connectivity index (χ4v) is 3.89. The van der Waals surface area contributed by atoms with Gasteiger partial charge in [0.05, 0.1) is 6.54 Å². The van der Waals surface area contributed by atoms with Gasteiger partial charge in [0.1, 0.15) is 0 Å². The van der Waals surface area contributed by atoms with Gasteiger partial charge in [0.15, 0.2) is 0 Å². The number of nitrogens with zero attached hydrogens (tertiary/aromatic N) is 2. The highest BCUT2D eigenvalue weighted by molar-refractivity contribution is 5.95. The molecule has 1 aliphatic rings. The standard InChI is InChI=1S/C24H31N5O3/c25-22(30)14-16-29(20-11-5-2-6-12-20)23(31)18-28-15-8-7-13-21(28)17-26-24(32)27-19-9-3-1-4-10-19/h1-6,9-12,21H,7-8,13-18H2,(H2,25,30)(H2,26,27,32). The van der Waals surface area contributed by atoms with Crippen molar-refractivity contribution >= 4 is 29.2 Å². The Labute approximate surface area is 188 Å². The Morgan fingerprint density at radius 3 is 2.38 bits per heavy atom. The summed E-state index contributed by atoms with van der Waals surface area (Å²) in [4.78, 5) is 40.5. The number of benzene rings is 2. The van der Waals surface area contributed by atoms with Gasteiger partial charge < -0.3 is 21.3 Å². The van der Waals surface area contributed by atoms with Crippen LogP contribution in [-0.2, 0) is 9.59 Å². The predicted molar refractivity (Wildman–Crippen MR) is 125 cm³/mol. The first-order valence-electron chi connectivity index (χ1n) is 11.0. The number of likely N-dealkylation sites (tertiary alicyclic amines) is 1. The summed E-state index contributed by atoms with van der Waals surface area (Å²) in [5.41, 5.74) is 6.79. The maximum absolute atomic E-state index is 13.2. The Morgan fingerprint density at radius 1 is 1.00 bits per heavy atom. The van der Waals surface area contributed by atoms with E-state index >= 15 is 0 Å². The van der Waals surface area contributed by atoms with Crippen LogP contribution in [0.1, 0.15) is 25.7 Å². The third-order valence-corrected chi connectivity index (χ3v) is 5.57. The van der Waals surface area contributed by atoms with Crippen molar-refractivity contribution in [2.45, 2.75) is 31.7 Å². The van der Waals surface area contributed by atoms with Crippen molar-refractivity contribution in [2.24, 2.45) is 5.73 Å². The van der Waals surface area contributed by atoms with Gasteiger partial charge in [0.25, 0.3) is 0 Å². The molecular formula is C24H31N5O3. The number of primary amides is 1. The summed E-state index contributed by atoms with van der Waals surface area (Å²) in [5, 5.41) is 5.74. The first kappa shape index (κ1) is 23.3. The van der Waals surface area contributed by atoms with Gasteiger partial charge in [-0.3, -0.25) is 14.5 Å². The minimum atomic E-state index is -0.441. The molecule has 32 heavy (non-hydrogen) atoms. The zero-order valence-corrected chi connectivity index (χ0v) is 18.2. The highest BCUT2D eigenvalue weighted by Crippen LogP contribution is 2.19. The topological polar surface area (TPSA) is 108 Å². The first-order valence-corrected chi connectivity index (χ1v) is 11.0. The number of nitrogens with one attached hydrogen (secondary N) is 2. The van der Waals surface area contributed by atoms with E-state index in [2.05, 4.69) is 15.5 Å². The van der Waals surface area contributed by atoms with Crippen molar-refractivity contribution in [1.82, 2.24) is 10.2 Å². The molecule has 8 heteroatoms. The minimum absolute atomic E-state index is 0.0722. The molecular weight excluding hydrogens is 406 g/mol. The lowest BCUT2D eigenvalue weighted by Gasteiger charge is -2.36. The summed E-state index contributed by atoms with van der Waals surface area (Å²) in [7, 11) is 0. The summed E-state index contributed by atoms with van der Waals surface area (Å²) in [6.45, 7) is 1.71. The van der Waals surface area contributed by atoms with Crippen LogP contribution in [0.3, 0.4) is 0 Å². The molecule has 4 amide bonds. The van der Waals surface area contributed by atoms with E-state index in [1.807, 2.05) is 60.7 Å². The smallest absolute Gasteiger partial charge is 0.319 e. The zero-order chi connectivity index (χ0) is 22.8. The molecule has 8 nitrogen and oxygen atoms in total. The number of carbonyl (C=O) groups excluding carboxylic acids is 3. The second-order valence-electron chi connectivity index (χ2n) is 7.92. The van der Waals surface area contributed by atoms with Crippen molar-refractivity contribution in [3.63, 3.8) is 0 Å². The monoisotopic (exact) mass is 437 g/mol. The van der Waals surface area contributed by atoms with Gasteiger partial charge in [0, 0.05) is 36.9 Å². The molecule has 0 aromatic heterocycles. The number of hydrogen-bond donors (Lipinski definition) is 3. The van der Waals surface area contributed by atoms with Gasteiger partial charge in [-0.1, -0.05) is 42.8 Å². The first-order chi connectivity index (χ1) is 15.5. The average Bonchev–Trinajstić information content (AvgIpc) is 2.80. The molecule has 0 bridgehead atoms. The highest BCUT2D eigenvalue weighted by Gasteiger charge is 2.27. The van der Waals surface area contributed by atoms with E-state index in [9.17, 15) is 14.4 Å². The molecule has 2 aromatic rings. The van der Waals surface area contributed by atoms with Crippen molar-refractivity contribution < 1.29 is 14.4 Å². The van der Waals surface area contributed by atoms with Crippen LogP contribution in [0.15, 0.2) is 60.7 Å². The second-order valence-corrected chi connectivity index (χ2v) is 7.92. The SMILES string of the molecule is NC(=O)CCN(C(=O)CN1CCCCC1CNC(=O)Nc1ccccc1)c1ccccc1. The van der Waals surface area contributed by atoms with Gasteiger partial charge in [-0.15, -0.1) is 0 Å². The van der Waals surface area contributed by atoms with Crippen molar-refractivity contribution in [2.75, 3.05) is 36.4 Å². The average molecular weight is 438 g/mol. The van der Waals surface area contributed by atoms with Crippen LogP contribution in [0.4, 0.5) is 16.2 Å². The van der Waals surface area contributed by atoms with Gasteiger partial charge in [-0.25, -0.2) is 4.79 Å². The van der Waals surface area contributed by atoms with E-state index < -0.39 is 5.91 Å². The van der Waals surface area contributed by atoms with E-state index in [0.717, 1.165) is 37.2 Å². The molecule has 1 saturated heterocycles. The summed E-state index contributed by atoms with van der Waals surface area (Å²) >= 11 is 0. The molecule has 4 N–H and O–H groups in total. The van der Waals surface area contributed by atoms with E-state index in [1.54, 1.807) is 4.90 Å². The van der Waals surface area contributed by atoms with E-state index in [1.165, 1.54) is 0 Å². The highest BCUT2D eigenvalue weighted by atomic mass is 16.2. The lowest BCUT2D eigenvalue weighted by molar-refractivity contribution is -0.120.